The van der Waals surface area contributed by atoms with Crippen LogP contribution < -0.4 is 4.74 Å². The fraction of sp³-hybridized carbons (Fsp3) is 0.375. The van der Waals surface area contributed by atoms with Crippen molar-refractivity contribution in [1.29, 1.82) is 0 Å². The number of ether oxygens (including phenoxy) is 3. The summed E-state index contributed by atoms with van der Waals surface area (Å²) < 4.78 is 15.1. The third-order valence-electron chi connectivity index (χ3n) is 3.51. The fourth-order valence-electron chi connectivity index (χ4n) is 1.73. The molecule has 0 fully saturated rings. The van der Waals surface area contributed by atoms with Gasteiger partial charge in [-0.3, -0.25) is 0 Å². The van der Waals surface area contributed by atoms with Gasteiger partial charge in [0.15, 0.2) is 0 Å². The van der Waals surface area contributed by atoms with E-state index < -0.39 is 11.9 Å². The zero-order chi connectivity index (χ0) is 23.8. The van der Waals surface area contributed by atoms with Crippen LogP contribution >= 0.6 is 0 Å². The van der Waals surface area contributed by atoms with Crippen molar-refractivity contribution in [2.24, 2.45) is 5.92 Å². The van der Waals surface area contributed by atoms with E-state index in [1.807, 2.05) is 44.2 Å². The third-order valence-corrected chi connectivity index (χ3v) is 3.51. The molecule has 0 saturated carbocycles. The number of hydrogen-bond acceptors (Lipinski definition) is 6. The van der Waals surface area contributed by atoms with Crippen LogP contribution in [-0.4, -0.2) is 42.8 Å². The molecule has 7 heteroatoms. The lowest BCUT2D eigenvalue weighted by molar-refractivity contribution is -0.140. The van der Waals surface area contributed by atoms with Crippen molar-refractivity contribution in [2.75, 3.05) is 19.8 Å². The molecule has 0 unspecified atom stereocenters. The molecule has 0 atom stereocenters. The summed E-state index contributed by atoms with van der Waals surface area (Å²) in [5.41, 5.74) is 0.855. The van der Waals surface area contributed by atoms with Crippen LogP contribution in [0.15, 0.2) is 66.3 Å². The number of rotatable bonds is 11. The van der Waals surface area contributed by atoms with Crippen LogP contribution in [0.5, 0.6) is 5.75 Å². The predicted molar refractivity (Wildman–Crippen MR) is 119 cm³/mol. The molecule has 1 aromatic carbocycles. The van der Waals surface area contributed by atoms with Crippen LogP contribution in [0.25, 0.3) is 0 Å². The Labute approximate surface area is 184 Å². The summed E-state index contributed by atoms with van der Waals surface area (Å²) in [6, 6.07) is 9.37. The summed E-state index contributed by atoms with van der Waals surface area (Å²) in [6.07, 6.45) is 1.65. The SMILES string of the molecule is C=C(C)C(=O)OCCOc1ccccc1.C=C(CC=C(C)C(=O)O)C(=O)OCC(C)C. The Bertz CT molecular complexity index is 776. The van der Waals surface area contributed by atoms with Gasteiger partial charge in [0.05, 0.1) is 6.61 Å². The Morgan fingerprint density at radius 3 is 2.13 bits per heavy atom. The fourth-order valence-corrected chi connectivity index (χ4v) is 1.73. The molecule has 1 N–H and O–H groups in total. The van der Waals surface area contributed by atoms with E-state index in [1.54, 1.807) is 6.92 Å². The smallest absolute Gasteiger partial charge is 0.333 e. The standard InChI is InChI=1S/C12H18O4.C12H14O3/c1-8(2)7-16-12(15)10(4)6-5-9(3)11(13)14;1-10(2)12(13)15-9-8-14-11-6-4-3-5-7-11/h5,8H,4,6-7H2,1-3H3,(H,13,14);3-7H,1,8-9H2,2H3. The van der Waals surface area contributed by atoms with Gasteiger partial charge in [0, 0.05) is 16.7 Å². The van der Waals surface area contributed by atoms with Crippen LogP contribution in [0.3, 0.4) is 0 Å². The zero-order valence-electron chi connectivity index (χ0n) is 18.7. The van der Waals surface area contributed by atoms with Crippen molar-refractivity contribution >= 4 is 17.9 Å². The van der Waals surface area contributed by atoms with E-state index >= 15 is 0 Å². The maximum absolute atomic E-state index is 11.3. The number of carbonyl (C=O) groups is 3. The molecular formula is C24H32O7. The quantitative estimate of drug-likeness (QED) is 0.315. The molecule has 0 aliphatic heterocycles. The normalized spacial score (nSPS) is 10.4. The molecule has 0 aromatic heterocycles. The average Bonchev–Trinajstić information content (AvgIpc) is 2.73. The molecule has 0 heterocycles. The molecule has 31 heavy (non-hydrogen) atoms. The first kappa shape index (κ1) is 27.6. The minimum absolute atomic E-state index is 0.192. The Hall–Kier alpha value is -3.35. The number of carboxylic acid groups (broad SMARTS) is 1. The Kier molecular flexibility index (Phi) is 13.8. The first-order valence-corrected chi connectivity index (χ1v) is 9.80. The number of aliphatic carboxylic acids is 1. The van der Waals surface area contributed by atoms with Crippen molar-refractivity contribution in [3.05, 3.63) is 66.3 Å². The number of benzene rings is 1. The van der Waals surface area contributed by atoms with Crippen molar-refractivity contribution < 1.29 is 33.7 Å². The van der Waals surface area contributed by atoms with Gasteiger partial charge in [0.2, 0.25) is 0 Å². The molecule has 0 bridgehead atoms. The van der Waals surface area contributed by atoms with Crippen LogP contribution in [0.4, 0.5) is 0 Å². The number of esters is 2. The summed E-state index contributed by atoms with van der Waals surface area (Å²) in [6.45, 7) is 14.9. The number of allylic oxidation sites excluding steroid dienone is 1. The van der Waals surface area contributed by atoms with Crippen molar-refractivity contribution in [2.45, 2.75) is 34.1 Å². The maximum atomic E-state index is 11.3. The lowest BCUT2D eigenvalue weighted by atomic mass is 10.1. The average molecular weight is 433 g/mol. The molecule has 0 radical (unpaired) electrons. The largest absolute Gasteiger partial charge is 0.490 e. The Morgan fingerprint density at radius 1 is 1.00 bits per heavy atom. The highest BCUT2D eigenvalue weighted by Crippen LogP contribution is 2.08. The molecule has 0 amide bonds. The van der Waals surface area contributed by atoms with E-state index in [0.29, 0.717) is 18.8 Å². The van der Waals surface area contributed by atoms with Gasteiger partial charge in [-0.2, -0.15) is 0 Å². The molecule has 7 nitrogen and oxygen atoms in total. The minimum atomic E-state index is -0.997. The van der Waals surface area contributed by atoms with E-state index in [-0.39, 0.29) is 36.1 Å². The van der Waals surface area contributed by atoms with E-state index in [0.717, 1.165) is 5.75 Å². The summed E-state index contributed by atoms with van der Waals surface area (Å²) in [5.74, 6) is -0.810. The number of carbonyl (C=O) groups excluding carboxylic acids is 2. The lowest BCUT2D eigenvalue weighted by Crippen LogP contribution is -2.12. The van der Waals surface area contributed by atoms with Gasteiger partial charge in [0.1, 0.15) is 19.0 Å². The molecule has 1 aromatic rings. The molecule has 0 saturated heterocycles. The molecule has 0 spiro atoms. The Balaban J connectivity index is 0.000000581. The van der Waals surface area contributed by atoms with Crippen molar-refractivity contribution in [3.8, 4) is 5.75 Å². The second kappa shape index (κ2) is 15.5. The number of carboxylic acids is 1. The molecule has 170 valence electrons. The monoisotopic (exact) mass is 432 g/mol. The van der Waals surface area contributed by atoms with E-state index in [2.05, 4.69) is 13.2 Å². The summed E-state index contributed by atoms with van der Waals surface area (Å²) in [7, 11) is 0. The van der Waals surface area contributed by atoms with Crippen LogP contribution in [0, 0.1) is 5.92 Å². The molecule has 1 rings (SSSR count). The van der Waals surface area contributed by atoms with Crippen molar-refractivity contribution in [3.63, 3.8) is 0 Å². The van der Waals surface area contributed by atoms with Crippen LogP contribution in [-0.2, 0) is 23.9 Å². The van der Waals surface area contributed by atoms with Gasteiger partial charge in [0.25, 0.3) is 0 Å². The zero-order valence-corrected chi connectivity index (χ0v) is 18.7. The lowest BCUT2D eigenvalue weighted by Gasteiger charge is -2.07. The summed E-state index contributed by atoms with van der Waals surface area (Å²) in [4.78, 5) is 32.8. The first-order chi connectivity index (χ1) is 14.5. The summed E-state index contributed by atoms with van der Waals surface area (Å²) >= 11 is 0. The highest BCUT2D eigenvalue weighted by molar-refractivity contribution is 5.89. The van der Waals surface area contributed by atoms with Gasteiger partial charge in [-0.25, -0.2) is 14.4 Å². The summed E-state index contributed by atoms with van der Waals surface area (Å²) in [5, 5.41) is 8.60. The van der Waals surface area contributed by atoms with E-state index in [4.69, 9.17) is 19.3 Å². The topological polar surface area (TPSA) is 99.1 Å². The van der Waals surface area contributed by atoms with Crippen LogP contribution in [0.1, 0.15) is 34.1 Å². The van der Waals surface area contributed by atoms with Gasteiger partial charge in [-0.15, -0.1) is 0 Å². The first-order valence-electron chi connectivity index (χ1n) is 9.80. The molecule has 0 aliphatic carbocycles. The van der Waals surface area contributed by atoms with Crippen LogP contribution in [0.2, 0.25) is 0 Å². The van der Waals surface area contributed by atoms with Gasteiger partial charge >= 0.3 is 17.9 Å². The second-order valence-corrected chi connectivity index (χ2v) is 7.07. The van der Waals surface area contributed by atoms with Gasteiger partial charge in [-0.1, -0.05) is 51.3 Å². The van der Waals surface area contributed by atoms with E-state index in [9.17, 15) is 14.4 Å². The second-order valence-electron chi connectivity index (χ2n) is 7.07. The Morgan fingerprint density at radius 2 is 1.61 bits per heavy atom. The third kappa shape index (κ3) is 14.3. The number of hydrogen-bond donors (Lipinski definition) is 1. The van der Waals surface area contributed by atoms with Gasteiger partial charge < -0.3 is 19.3 Å². The number of para-hydroxylation sites is 1. The highest BCUT2D eigenvalue weighted by atomic mass is 16.6. The predicted octanol–water partition coefficient (Wildman–Crippen LogP) is 4.35. The van der Waals surface area contributed by atoms with Crippen molar-refractivity contribution in [1.82, 2.24) is 0 Å². The molecular weight excluding hydrogens is 400 g/mol. The highest BCUT2D eigenvalue weighted by Gasteiger charge is 2.09. The van der Waals surface area contributed by atoms with Gasteiger partial charge in [-0.05, 0) is 38.3 Å². The van der Waals surface area contributed by atoms with E-state index in [1.165, 1.54) is 13.0 Å². The maximum Gasteiger partial charge on any atom is 0.333 e. The molecule has 0 aliphatic rings. The minimum Gasteiger partial charge on any atom is -0.490 e.